The molecule has 0 fully saturated rings. The Bertz CT molecular complexity index is 619. The molecule has 1 aromatic carbocycles. The van der Waals surface area contributed by atoms with Gasteiger partial charge in [0.05, 0.1) is 16.8 Å². The summed E-state index contributed by atoms with van der Waals surface area (Å²) in [6.45, 7) is 3.78. The van der Waals surface area contributed by atoms with Gasteiger partial charge in [0.15, 0.2) is 5.82 Å². The number of nitrogens with one attached hydrogen (secondary N) is 1. The summed E-state index contributed by atoms with van der Waals surface area (Å²) >= 11 is 12.0. The minimum atomic E-state index is -0.0326. The van der Waals surface area contributed by atoms with E-state index in [1.54, 1.807) is 18.2 Å². The molecule has 7 heteroatoms. The van der Waals surface area contributed by atoms with Gasteiger partial charge < -0.3 is 15.8 Å². The summed E-state index contributed by atoms with van der Waals surface area (Å²) in [5, 5.41) is 4.09. The maximum absolute atomic E-state index is 6.09. The van der Waals surface area contributed by atoms with Crippen molar-refractivity contribution in [3.8, 4) is 5.88 Å². The fourth-order valence-corrected chi connectivity index (χ4v) is 1.85. The van der Waals surface area contributed by atoms with Crippen molar-refractivity contribution in [3.63, 3.8) is 0 Å². The molecule has 0 aliphatic heterocycles. The van der Waals surface area contributed by atoms with Crippen LogP contribution in [0.2, 0.25) is 10.0 Å². The van der Waals surface area contributed by atoms with Crippen LogP contribution in [0.1, 0.15) is 13.8 Å². The SMILES string of the molecule is CC(C)Oc1ncnc(Nc2cc(Cl)ccc2Cl)c1N. The van der Waals surface area contributed by atoms with Crippen LogP contribution in [0.25, 0.3) is 0 Å². The van der Waals surface area contributed by atoms with Gasteiger partial charge in [-0.3, -0.25) is 0 Å². The van der Waals surface area contributed by atoms with Crippen LogP contribution in [0.15, 0.2) is 24.5 Å². The van der Waals surface area contributed by atoms with Gasteiger partial charge in [-0.05, 0) is 32.0 Å². The summed E-state index contributed by atoms with van der Waals surface area (Å²) < 4.78 is 5.50. The first-order valence-corrected chi connectivity index (χ1v) is 6.72. The van der Waals surface area contributed by atoms with Gasteiger partial charge in [-0.2, -0.15) is 4.98 Å². The van der Waals surface area contributed by atoms with Crippen molar-refractivity contribution < 1.29 is 4.74 Å². The van der Waals surface area contributed by atoms with Gasteiger partial charge in [0.1, 0.15) is 12.0 Å². The molecule has 0 bridgehead atoms. The number of ether oxygens (including phenoxy) is 1. The van der Waals surface area contributed by atoms with Gasteiger partial charge in [-0.15, -0.1) is 0 Å². The molecule has 0 atom stereocenters. The second kappa shape index (κ2) is 6.15. The molecule has 1 aromatic heterocycles. The number of rotatable bonds is 4. The number of nitrogens with zero attached hydrogens (tertiary/aromatic N) is 2. The normalized spacial score (nSPS) is 10.7. The van der Waals surface area contributed by atoms with Crippen molar-refractivity contribution in [2.75, 3.05) is 11.1 Å². The van der Waals surface area contributed by atoms with E-state index in [9.17, 15) is 0 Å². The third-order valence-electron chi connectivity index (χ3n) is 2.38. The molecule has 0 aliphatic carbocycles. The molecular weight excluding hydrogens is 299 g/mol. The van der Waals surface area contributed by atoms with Crippen molar-refractivity contribution in [3.05, 3.63) is 34.6 Å². The Morgan fingerprint density at radius 3 is 2.70 bits per heavy atom. The third-order valence-corrected chi connectivity index (χ3v) is 2.94. The van der Waals surface area contributed by atoms with Crippen molar-refractivity contribution >= 4 is 40.4 Å². The molecule has 0 amide bonds. The zero-order valence-corrected chi connectivity index (χ0v) is 12.5. The highest BCUT2D eigenvalue weighted by Gasteiger charge is 2.12. The molecule has 0 radical (unpaired) electrons. The van der Waals surface area contributed by atoms with E-state index in [-0.39, 0.29) is 6.10 Å². The summed E-state index contributed by atoms with van der Waals surface area (Å²) in [4.78, 5) is 8.09. The fourth-order valence-electron chi connectivity index (χ4n) is 1.52. The number of nitrogens with two attached hydrogens (primary N) is 1. The maximum Gasteiger partial charge on any atom is 0.242 e. The Kier molecular flexibility index (Phi) is 4.52. The highest BCUT2D eigenvalue weighted by Crippen LogP contribution is 2.32. The Hall–Kier alpha value is -1.72. The molecule has 1 heterocycles. The molecule has 0 aliphatic rings. The molecule has 0 spiro atoms. The van der Waals surface area contributed by atoms with Crippen molar-refractivity contribution in [1.29, 1.82) is 0 Å². The number of hydrogen-bond acceptors (Lipinski definition) is 5. The standard InChI is InChI=1S/C13H14Cl2N4O/c1-7(2)20-13-11(16)12(17-6-18-13)19-10-5-8(14)3-4-9(10)15/h3-7H,16H2,1-2H3,(H,17,18,19). The average Bonchev–Trinajstić information content (AvgIpc) is 2.38. The molecule has 0 saturated heterocycles. The van der Waals surface area contributed by atoms with E-state index in [1.807, 2.05) is 13.8 Å². The average molecular weight is 313 g/mol. The van der Waals surface area contributed by atoms with Gasteiger partial charge in [0.2, 0.25) is 5.88 Å². The van der Waals surface area contributed by atoms with Gasteiger partial charge in [0, 0.05) is 5.02 Å². The Morgan fingerprint density at radius 2 is 2.00 bits per heavy atom. The van der Waals surface area contributed by atoms with Crippen LogP contribution in [0.5, 0.6) is 5.88 Å². The minimum Gasteiger partial charge on any atom is -0.473 e. The highest BCUT2D eigenvalue weighted by molar-refractivity contribution is 6.35. The molecular formula is C13H14Cl2N4O. The number of benzene rings is 1. The monoisotopic (exact) mass is 312 g/mol. The lowest BCUT2D eigenvalue weighted by Gasteiger charge is -2.14. The first-order chi connectivity index (χ1) is 9.47. The van der Waals surface area contributed by atoms with E-state index in [0.29, 0.717) is 33.1 Å². The van der Waals surface area contributed by atoms with Crippen LogP contribution in [-0.2, 0) is 0 Å². The van der Waals surface area contributed by atoms with Gasteiger partial charge in [-0.1, -0.05) is 23.2 Å². The van der Waals surface area contributed by atoms with E-state index in [4.69, 9.17) is 33.7 Å². The second-order valence-corrected chi connectivity index (χ2v) is 5.20. The number of halogens is 2. The predicted octanol–water partition coefficient (Wildman–Crippen LogP) is 3.90. The van der Waals surface area contributed by atoms with Crippen molar-refractivity contribution in [1.82, 2.24) is 9.97 Å². The Balaban J connectivity index is 2.32. The molecule has 0 unspecified atom stereocenters. The smallest absolute Gasteiger partial charge is 0.242 e. The van der Waals surface area contributed by atoms with Crippen molar-refractivity contribution in [2.45, 2.75) is 20.0 Å². The molecule has 0 saturated carbocycles. The molecule has 5 nitrogen and oxygen atoms in total. The molecule has 2 aromatic rings. The zero-order chi connectivity index (χ0) is 14.7. The quantitative estimate of drug-likeness (QED) is 0.895. The predicted molar refractivity (Wildman–Crippen MR) is 82.0 cm³/mol. The largest absolute Gasteiger partial charge is 0.473 e. The molecule has 20 heavy (non-hydrogen) atoms. The van der Waals surface area contributed by atoms with E-state index in [1.165, 1.54) is 6.33 Å². The van der Waals surface area contributed by atoms with Crippen LogP contribution in [0.3, 0.4) is 0 Å². The minimum absolute atomic E-state index is 0.0326. The van der Waals surface area contributed by atoms with Crippen molar-refractivity contribution in [2.24, 2.45) is 0 Å². The second-order valence-electron chi connectivity index (χ2n) is 4.36. The number of nitrogen functional groups attached to an aromatic ring is 1. The summed E-state index contributed by atoms with van der Waals surface area (Å²) in [6, 6.07) is 5.08. The van der Waals surface area contributed by atoms with Crippen LogP contribution >= 0.6 is 23.2 Å². The summed E-state index contributed by atoms with van der Waals surface area (Å²) in [7, 11) is 0. The maximum atomic E-state index is 6.09. The van der Waals surface area contributed by atoms with Crippen LogP contribution in [0.4, 0.5) is 17.2 Å². The topological polar surface area (TPSA) is 73.1 Å². The van der Waals surface area contributed by atoms with E-state index < -0.39 is 0 Å². The number of aromatic nitrogens is 2. The van der Waals surface area contributed by atoms with Crippen LogP contribution < -0.4 is 15.8 Å². The third kappa shape index (κ3) is 3.43. The van der Waals surface area contributed by atoms with Crippen LogP contribution in [0, 0.1) is 0 Å². The summed E-state index contributed by atoms with van der Waals surface area (Å²) in [5.41, 5.74) is 6.91. The number of anilines is 3. The Labute approximate surface area is 127 Å². The van der Waals surface area contributed by atoms with Gasteiger partial charge in [-0.25, -0.2) is 4.98 Å². The van der Waals surface area contributed by atoms with E-state index in [2.05, 4.69) is 15.3 Å². The lowest BCUT2D eigenvalue weighted by Crippen LogP contribution is -2.10. The summed E-state index contributed by atoms with van der Waals surface area (Å²) in [6.07, 6.45) is 1.34. The van der Waals surface area contributed by atoms with Crippen LogP contribution in [-0.4, -0.2) is 16.1 Å². The fraction of sp³-hybridized carbons (Fsp3) is 0.231. The van der Waals surface area contributed by atoms with E-state index >= 15 is 0 Å². The molecule has 2 rings (SSSR count). The van der Waals surface area contributed by atoms with Gasteiger partial charge >= 0.3 is 0 Å². The first-order valence-electron chi connectivity index (χ1n) is 5.96. The molecule has 106 valence electrons. The van der Waals surface area contributed by atoms with Gasteiger partial charge in [0.25, 0.3) is 0 Å². The van der Waals surface area contributed by atoms with E-state index in [0.717, 1.165) is 0 Å². The lowest BCUT2D eigenvalue weighted by atomic mass is 10.3. The first kappa shape index (κ1) is 14.7. The molecule has 3 N–H and O–H groups in total. The number of hydrogen-bond donors (Lipinski definition) is 2. The zero-order valence-electron chi connectivity index (χ0n) is 11.0. The summed E-state index contributed by atoms with van der Waals surface area (Å²) in [5.74, 6) is 0.746. The highest BCUT2D eigenvalue weighted by atomic mass is 35.5. The Morgan fingerprint density at radius 1 is 1.25 bits per heavy atom. The lowest BCUT2D eigenvalue weighted by molar-refractivity contribution is 0.234.